The molecule has 3 nitrogen and oxygen atoms in total. The first-order valence-electron chi connectivity index (χ1n) is 3.83. The quantitative estimate of drug-likeness (QED) is 0.721. The first kappa shape index (κ1) is 10.3. The zero-order valence-electron chi connectivity index (χ0n) is 6.70. The van der Waals surface area contributed by atoms with Gasteiger partial charge in [0.1, 0.15) is 0 Å². The molecule has 5 heteroatoms. The fourth-order valence-electron chi connectivity index (χ4n) is 1.21. The van der Waals surface area contributed by atoms with Crippen LogP contribution >= 0.6 is 27.7 Å². The van der Waals surface area contributed by atoms with E-state index in [2.05, 4.69) is 15.9 Å². The summed E-state index contributed by atoms with van der Waals surface area (Å²) in [6.07, 6.45) is 0. The van der Waals surface area contributed by atoms with Crippen molar-refractivity contribution in [3.05, 3.63) is 0 Å². The molecule has 0 aromatic rings. The van der Waals surface area contributed by atoms with Crippen molar-refractivity contribution in [2.45, 2.75) is 6.04 Å². The lowest BCUT2D eigenvalue weighted by molar-refractivity contribution is -0.130. The van der Waals surface area contributed by atoms with Gasteiger partial charge in [-0.05, 0) is 0 Å². The Balaban J connectivity index is 2.52. The highest BCUT2D eigenvalue weighted by atomic mass is 79.9. The van der Waals surface area contributed by atoms with Crippen molar-refractivity contribution in [3.8, 4) is 0 Å². The van der Waals surface area contributed by atoms with E-state index in [0.29, 0.717) is 5.33 Å². The Morgan fingerprint density at radius 3 is 3.08 bits per heavy atom. The lowest BCUT2D eigenvalue weighted by atomic mass is 10.3. The molecule has 1 heterocycles. The van der Waals surface area contributed by atoms with E-state index in [1.165, 1.54) is 0 Å². The summed E-state index contributed by atoms with van der Waals surface area (Å²) >= 11 is 4.92. The highest BCUT2D eigenvalue weighted by molar-refractivity contribution is 9.09. The number of aliphatic hydroxyl groups is 1. The largest absolute Gasteiger partial charge is 0.394 e. The van der Waals surface area contributed by atoms with E-state index in [4.69, 9.17) is 5.11 Å². The molecule has 0 radical (unpaired) electrons. The van der Waals surface area contributed by atoms with Gasteiger partial charge in [-0.2, -0.15) is 11.8 Å². The maximum atomic E-state index is 11.3. The van der Waals surface area contributed by atoms with Crippen LogP contribution in [0.5, 0.6) is 0 Å². The third-order valence-corrected chi connectivity index (χ3v) is 3.44. The average molecular weight is 254 g/mol. The SMILES string of the molecule is O=C(CBr)N1CCSCC1CO. The molecule has 0 spiro atoms. The summed E-state index contributed by atoms with van der Waals surface area (Å²) in [5.41, 5.74) is 0. The van der Waals surface area contributed by atoms with E-state index in [9.17, 15) is 4.79 Å². The highest BCUT2D eigenvalue weighted by Gasteiger charge is 2.25. The third kappa shape index (κ3) is 2.37. The number of rotatable bonds is 2. The average Bonchev–Trinajstić information content (AvgIpc) is 2.16. The molecule has 1 rings (SSSR count). The van der Waals surface area contributed by atoms with Gasteiger partial charge >= 0.3 is 0 Å². The molecule has 0 aliphatic carbocycles. The van der Waals surface area contributed by atoms with Gasteiger partial charge in [-0.3, -0.25) is 4.79 Å². The number of nitrogens with zero attached hydrogens (tertiary/aromatic N) is 1. The second kappa shape index (κ2) is 5.09. The molecule has 1 atom stereocenters. The molecule has 1 saturated heterocycles. The number of alkyl halides is 1. The van der Waals surface area contributed by atoms with Crippen LogP contribution in [-0.4, -0.2) is 51.9 Å². The molecule has 1 aliphatic rings. The number of aliphatic hydroxyl groups excluding tert-OH is 1. The van der Waals surface area contributed by atoms with Crippen molar-refractivity contribution < 1.29 is 9.90 Å². The van der Waals surface area contributed by atoms with Crippen LogP contribution in [0.2, 0.25) is 0 Å². The van der Waals surface area contributed by atoms with Crippen LogP contribution in [-0.2, 0) is 4.79 Å². The van der Waals surface area contributed by atoms with Gasteiger partial charge in [0, 0.05) is 18.1 Å². The molecule has 70 valence electrons. The fourth-order valence-corrected chi connectivity index (χ4v) is 2.58. The normalized spacial score (nSPS) is 24.2. The summed E-state index contributed by atoms with van der Waals surface area (Å²) in [5, 5.41) is 9.34. The zero-order chi connectivity index (χ0) is 8.97. The van der Waals surface area contributed by atoms with Crippen molar-refractivity contribution in [1.82, 2.24) is 4.90 Å². The topological polar surface area (TPSA) is 40.5 Å². The first-order chi connectivity index (χ1) is 5.79. The predicted molar refractivity (Wildman–Crippen MR) is 53.7 cm³/mol. The standard InChI is InChI=1S/C7H12BrNO2S/c8-3-7(11)9-1-2-12-5-6(9)4-10/h6,10H,1-5H2. The molecule has 0 bridgehead atoms. The summed E-state index contributed by atoms with van der Waals surface area (Å²) in [6.45, 7) is 0.839. The third-order valence-electron chi connectivity index (χ3n) is 1.87. The Bertz CT molecular complexity index is 167. The Kier molecular flexibility index (Phi) is 4.39. The lowest BCUT2D eigenvalue weighted by Gasteiger charge is -2.33. The minimum atomic E-state index is 0.0220. The van der Waals surface area contributed by atoms with Crippen molar-refractivity contribution in [2.24, 2.45) is 0 Å². The van der Waals surface area contributed by atoms with Gasteiger partial charge in [-0.15, -0.1) is 0 Å². The molecule has 1 aliphatic heterocycles. The van der Waals surface area contributed by atoms with E-state index < -0.39 is 0 Å². The summed E-state index contributed by atoms with van der Waals surface area (Å²) in [4.78, 5) is 13.1. The van der Waals surface area contributed by atoms with Gasteiger partial charge in [0.2, 0.25) is 5.91 Å². The number of thioether (sulfide) groups is 1. The van der Waals surface area contributed by atoms with E-state index in [0.717, 1.165) is 18.1 Å². The molecule has 0 aromatic heterocycles. The predicted octanol–water partition coefficient (Wildman–Crippen LogP) is 0.318. The Hall–Kier alpha value is 0.260. The number of carbonyl (C=O) groups excluding carboxylic acids is 1. The van der Waals surface area contributed by atoms with E-state index >= 15 is 0 Å². The monoisotopic (exact) mass is 253 g/mol. The first-order valence-corrected chi connectivity index (χ1v) is 6.11. The van der Waals surface area contributed by atoms with E-state index in [1.54, 1.807) is 16.7 Å². The molecule has 1 fully saturated rings. The van der Waals surface area contributed by atoms with Gasteiger partial charge in [-0.1, -0.05) is 15.9 Å². The van der Waals surface area contributed by atoms with Crippen molar-refractivity contribution in [2.75, 3.05) is 30.0 Å². The van der Waals surface area contributed by atoms with E-state index in [-0.39, 0.29) is 18.6 Å². The number of carbonyl (C=O) groups is 1. The summed E-state index contributed by atoms with van der Waals surface area (Å²) in [5.74, 6) is 1.92. The van der Waals surface area contributed by atoms with Gasteiger partial charge in [-0.25, -0.2) is 0 Å². The number of hydrogen-bond donors (Lipinski definition) is 1. The number of hydrogen-bond acceptors (Lipinski definition) is 3. The van der Waals surface area contributed by atoms with Crippen LogP contribution < -0.4 is 0 Å². The van der Waals surface area contributed by atoms with Gasteiger partial charge in [0.25, 0.3) is 0 Å². The summed E-state index contributed by atoms with van der Waals surface area (Å²) in [6, 6.07) is 0.0220. The Labute approximate surface area is 84.6 Å². The Morgan fingerprint density at radius 1 is 1.75 bits per heavy atom. The number of halogens is 1. The smallest absolute Gasteiger partial charge is 0.233 e. The lowest BCUT2D eigenvalue weighted by Crippen LogP contribution is -2.48. The molecule has 0 aromatic carbocycles. The molecule has 1 unspecified atom stereocenters. The minimum absolute atomic E-state index is 0.0220. The fraction of sp³-hybridized carbons (Fsp3) is 0.857. The van der Waals surface area contributed by atoms with Crippen molar-refractivity contribution in [1.29, 1.82) is 0 Å². The maximum Gasteiger partial charge on any atom is 0.233 e. The van der Waals surface area contributed by atoms with Crippen LogP contribution in [0.25, 0.3) is 0 Å². The minimum Gasteiger partial charge on any atom is -0.394 e. The van der Waals surface area contributed by atoms with Crippen LogP contribution in [0.3, 0.4) is 0 Å². The molecular formula is C7H12BrNO2S. The van der Waals surface area contributed by atoms with Gasteiger partial charge in [0.15, 0.2) is 0 Å². The molecule has 1 N–H and O–H groups in total. The summed E-state index contributed by atoms with van der Waals surface area (Å²) < 4.78 is 0. The van der Waals surface area contributed by atoms with E-state index in [1.807, 2.05) is 0 Å². The Morgan fingerprint density at radius 2 is 2.50 bits per heavy atom. The molecule has 12 heavy (non-hydrogen) atoms. The second-order valence-electron chi connectivity index (χ2n) is 2.63. The van der Waals surface area contributed by atoms with Crippen molar-refractivity contribution in [3.63, 3.8) is 0 Å². The van der Waals surface area contributed by atoms with Crippen LogP contribution in [0.15, 0.2) is 0 Å². The summed E-state index contributed by atoms with van der Waals surface area (Å²) in [7, 11) is 0. The van der Waals surface area contributed by atoms with Crippen LogP contribution in [0.1, 0.15) is 0 Å². The van der Waals surface area contributed by atoms with Crippen molar-refractivity contribution >= 4 is 33.6 Å². The van der Waals surface area contributed by atoms with Gasteiger partial charge < -0.3 is 10.0 Å². The zero-order valence-corrected chi connectivity index (χ0v) is 9.10. The second-order valence-corrected chi connectivity index (χ2v) is 4.34. The van der Waals surface area contributed by atoms with Gasteiger partial charge in [0.05, 0.1) is 18.0 Å². The van der Waals surface area contributed by atoms with Crippen LogP contribution in [0, 0.1) is 0 Å². The number of amides is 1. The van der Waals surface area contributed by atoms with Crippen LogP contribution in [0.4, 0.5) is 0 Å². The molecule has 1 amide bonds. The molecular weight excluding hydrogens is 242 g/mol. The molecule has 0 saturated carbocycles. The highest BCUT2D eigenvalue weighted by Crippen LogP contribution is 2.16. The maximum absolute atomic E-state index is 11.3.